The van der Waals surface area contributed by atoms with Crippen LogP contribution < -0.4 is 5.73 Å². The number of nitrogens with zero attached hydrogens (tertiary/aromatic N) is 1. The van der Waals surface area contributed by atoms with E-state index in [2.05, 4.69) is 24.7 Å². The van der Waals surface area contributed by atoms with Crippen molar-refractivity contribution in [1.82, 2.24) is 4.90 Å². The maximum atomic E-state index is 5.82. The summed E-state index contributed by atoms with van der Waals surface area (Å²) in [5.41, 5.74) is 5.82. The molecule has 0 radical (unpaired) electrons. The first-order chi connectivity index (χ1) is 5.65. The maximum Gasteiger partial charge on any atom is 0.0683 e. The first-order valence-corrected chi connectivity index (χ1v) is 4.61. The average molecular weight is 166 g/mol. The van der Waals surface area contributed by atoms with E-state index in [9.17, 15) is 0 Å². The van der Waals surface area contributed by atoms with Crippen LogP contribution in [0.3, 0.4) is 0 Å². The van der Waals surface area contributed by atoms with Gasteiger partial charge in [0.1, 0.15) is 0 Å². The second-order valence-electron chi connectivity index (χ2n) is 3.75. The third-order valence-corrected chi connectivity index (χ3v) is 2.79. The van der Waals surface area contributed by atoms with Gasteiger partial charge in [-0.25, -0.2) is 0 Å². The molecular formula is C10H18N2. The Bertz CT molecular complexity index is 181. The van der Waals surface area contributed by atoms with Crippen LogP contribution in [0, 0.1) is 18.3 Å². The summed E-state index contributed by atoms with van der Waals surface area (Å²) in [6, 6.07) is 0.578. The summed E-state index contributed by atoms with van der Waals surface area (Å²) in [6.07, 6.45) is 6.55. The fourth-order valence-corrected chi connectivity index (χ4v) is 1.70. The maximum absolute atomic E-state index is 5.82. The molecule has 0 aromatic carbocycles. The van der Waals surface area contributed by atoms with Crippen molar-refractivity contribution in [2.75, 3.05) is 13.1 Å². The van der Waals surface area contributed by atoms with Gasteiger partial charge in [0, 0.05) is 12.6 Å². The van der Waals surface area contributed by atoms with E-state index in [4.69, 9.17) is 12.2 Å². The van der Waals surface area contributed by atoms with E-state index in [0.29, 0.717) is 12.0 Å². The molecule has 1 saturated heterocycles. The average Bonchev–Trinajstić information content (AvgIpc) is 2.51. The molecule has 1 rings (SSSR count). The highest BCUT2D eigenvalue weighted by Gasteiger charge is 2.27. The normalized spacial score (nSPS) is 29.7. The summed E-state index contributed by atoms with van der Waals surface area (Å²) in [7, 11) is 0. The van der Waals surface area contributed by atoms with Crippen molar-refractivity contribution >= 4 is 0 Å². The van der Waals surface area contributed by atoms with Gasteiger partial charge in [-0.1, -0.05) is 5.92 Å². The van der Waals surface area contributed by atoms with Crippen LogP contribution in [0.15, 0.2) is 0 Å². The van der Waals surface area contributed by atoms with Crippen molar-refractivity contribution in [3.63, 3.8) is 0 Å². The summed E-state index contributed by atoms with van der Waals surface area (Å²) >= 11 is 0. The van der Waals surface area contributed by atoms with Gasteiger partial charge in [-0.05, 0) is 32.7 Å². The Balaban J connectivity index is 2.41. The number of nitrogens with two attached hydrogens (primary N) is 1. The number of likely N-dealkylation sites (tertiary alicyclic amines) is 1. The molecule has 0 aliphatic carbocycles. The molecule has 1 heterocycles. The number of rotatable bonds is 2. The number of hydrogen-bond donors (Lipinski definition) is 1. The van der Waals surface area contributed by atoms with E-state index < -0.39 is 0 Å². The molecule has 12 heavy (non-hydrogen) atoms. The molecule has 1 aliphatic rings. The monoisotopic (exact) mass is 166 g/mol. The Morgan fingerprint density at radius 3 is 2.67 bits per heavy atom. The quantitative estimate of drug-likeness (QED) is 0.611. The van der Waals surface area contributed by atoms with Crippen LogP contribution in [0.1, 0.15) is 20.3 Å². The molecule has 3 atom stereocenters. The van der Waals surface area contributed by atoms with Crippen LogP contribution >= 0.6 is 0 Å². The predicted molar refractivity (Wildman–Crippen MR) is 51.6 cm³/mol. The minimum absolute atomic E-state index is 0.272. The highest BCUT2D eigenvalue weighted by Crippen LogP contribution is 2.20. The summed E-state index contributed by atoms with van der Waals surface area (Å²) in [5, 5.41) is 0. The van der Waals surface area contributed by atoms with Crippen molar-refractivity contribution in [3.05, 3.63) is 0 Å². The van der Waals surface area contributed by atoms with E-state index in [0.717, 1.165) is 13.1 Å². The smallest absolute Gasteiger partial charge is 0.0683 e. The van der Waals surface area contributed by atoms with Gasteiger partial charge >= 0.3 is 0 Å². The minimum atomic E-state index is 0.272. The molecule has 2 N–H and O–H groups in total. The number of hydrogen-bond acceptors (Lipinski definition) is 2. The standard InChI is InChI=1S/C10H18N2/c1-4-8(2)12-6-5-10(7-12)9(3)11/h1,8-10H,5-7,11H2,2-3H3. The number of terminal acetylenes is 1. The van der Waals surface area contributed by atoms with Gasteiger partial charge in [0.2, 0.25) is 0 Å². The highest BCUT2D eigenvalue weighted by atomic mass is 15.2. The third kappa shape index (κ3) is 2.00. The molecule has 1 fully saturated rings. The Morgan fingerprint density at radius 2 is 2.25 bits per heavy atom. The Morgan fingerprint density at radius 1 is 1.58 bits per heavy atom. The molecule has 2 nitrogen and oxygen atoms in total. The van der Waals surface area contributed by atoms with E-state index in [1.165, 1.54) is 6.42 Å². The fraction of sp³-hybridized carbons (Fsp3) is 0.800. The molecule has 0 bridgehead atoms. The molecule has 68 valence electrons. The zero-order valence-corrected chi connectivity index (χ0v) is 7.96. The summed E-state index contributed by atoms with van der Waals surface area (Å²) in [5.74, 6) is 3.39. The van der Waals surface area contributed by atoms with E-state index in [-0.39, 0.29) is 6.04 Å². The van der Waals surface area contributed by atoms with Gasteiger partial charge in [0.15, 0.2) is 0 Å². The Labute approximate surface area is 75.1 Å². The molecule has 0 spiro atoms. The molecule has 0 amide bonds. The van der Waals surface area contributed by atoms with Gasteiger partial charge in [0.05, 0.1) is 6.04 Å². The van der Waals surface area contributed by atoms with Crippen LogP contribution in [0.5, 0.6) is 0 Å². The zero-order chi connectivity index (χ0) is 9.14. The second-order valence-corrected chi connectivity index (χ2v) is 3.75. The predicted octanol–water partition coefficient (Wildman–Crippen LogP) is 0.677. The van der Waals surface area contributed by atoms with Crippen molar-refractivity contribution in [1.29, 1.82) is 0 Å². The highest BCUT2D eigenvalue weighted by molar-refractivity contribution is 4.99. The van der Waals surface area contributed by atoms with Crippen LogP contribution in [0.4, 0.5) is 0 Å². The first kappa shape index (κ1) is 9.57. The fourth-order valence-electron chi connectivity index (χ4n) is 1.70. The van der Waals surface area contributed by atoms with Crippen LogP contribution in [-0.4, -0.2) is 30.1 Å². The van der Waals surface area contributed by atoms with Crippen molar-refractivity contribution in [2.45, 2.75) is 32.4 Å². The van der Waals surface area contributed by atoms with E-state index in [1.54, 1.807) is 0 Å². The molecule has 1 aliphatic heterocycles. The van der Waals surface area contributed by atoms with Crippen molar-refractivity contribution in [2.24, 2.45) is 11.7 Å². The van der Waals surface area contributed by atoms with Crippen LogP contribution in [0.25, 0.3) is 0 Å². The lowest BCUT2D eigenvalue weighted by atomic mass is 10.0. The first-order valence-electron chi connectivity index (χ1n) is 4.61. The topological polar surface area (TPSA) is 29.3 Å². The molecular weight excluding hydrogens is 148 g/mol. The van der Waals surface area contributed by atoms with Gasteiger partial charge in [-0.15, -0.1) is 6.42 Å². The van der Waals surface area contributed by atoms with Gasteiger partial charge in [-0.3, -0.25) is 4.90 Å². The summed E-state index contributed by atoms with van der Waals surface area (Å²) in [6.45, 7) is 6.33. The molecule has 0 saturated carbocycles. The second kappa shape index (κ2) is 3.93. The lowest BCUT2D eigenvalue weighted by molar-refractivity contribution is 0.288. The summed E-state index contributed by atoms with van der Waals surface area (Å²) < 4.78 is 0. The third-order valence-electron chi connectivity index (χ3n) is 2.79. The van der Waals surface area contributed by atoms with Crippen LogP contribution in [0.2, 0.25) is 0 Å². The van der Waals surface area contributed by atoms with Gasteiger partial charge < -0.3 is 5.73 Å². The largest absolute Gasteiger partial charge is 0.328 e. The SMILES string of the molecule is C#CC(C)N1CCC(C(C)N)C1. The zero-order valence-electron chi connectivity index (χ0n) is 7.96. The van der Waals surface area contributed by atoms with E-state index >= 15 is 0 Å². The minimum Gasteiger partial charge on any atom is -0.328 e. The summed E-state index contributed by atoms with van der Waals surface area (Å²) in [4.78, 5) is 2.33. The Kier molecular flexibility index (Phi) is 3.13. The molecule has 0 aromatic heterocycles. The lowest BCUT2D eigenvalue weighted by Gasteiger charge is -2.20. The Hall–Kier alpha value is -0.520. The van der Waals surface area contributed by atoms with Gasteiger partial charge in [-0.2, -0.15) is 0 Å². The van der Waals surface area contributed by atoms with E-state index in [1.807, 2.05) is 0 Å². The van der Waals surface area contributed by atoms with Crippen molar-refractivity contribution < 1.29 is 0 Å². The van der Waals surface area contributed by atoms with Gasteiger partial charge in [0.25, 0.3) is 0 Å². The molecule has 3 unspecified atom stereocenters. The molecule has 0 aromatic rings. The lowest BCUT2D eigenvalue weighted by Crippen LogP contribution is -2.33. The molecule has 2 heteroatoms. The van der Waals surface area contributed by atoms with Crippen LogP contribution in [-0.2, 0) is 0 Å². The van der Waals surface area contributed by atoms with Crippen molar-refractivity contribution in [3.8, 4) is 12.3 Å².